The topological polar surface area (TPSA) is 174 Å². The Bertz CT molecular complexity index is 1340. The molecule has 0 saturated carbocycles. The lowest BCUT2D eigenvalue weighted by atomic mass is 9.96. The highest BCUT2D eigenvalue weighted by Crippen LogP contribution is 2.52. The highest BCUT2D eigenvalue weighted by Gasteiger charge is 2.55. The van der Waals surface area contributed by atoms with Crippen LogP contribution < -0.4 is 29.9 Å². The number of hydrogen-bond acceptors (Lipinski definition) is 12. The zero-order chi connectivity index (χ0) is 28.2. The van der Waals surface area contributed by atoms with Crippen molar-refractivity contribution in [3.8, 4) is 23.0 Å². The number of aliphatic hydroxyl groups excluding tert-OH is 2. The quantitative estimate of drug-likeness (QED) is 0.231. The van der Waals surface area contributed by atoms with E-state index in [1.54, 1.807) is 24.3 Å². The van der Waals surface area contributed by atoms with Crippen molar-refractivity contribution < 1.29 is 42.6 Å². The van der Waals surface area contributed by atoms with Crippen LogP contribution in [-0.4, -0.2) is 58.4 Å². The normalized spacial score (nSPS) is 22.7. The number of aromatic nitrogens is 2. The molecule has 14 heteroatoms. The van der Waals surface area contributed by atoms with Crippen LogP contribution in [0.2, 0.25) is 0 Å². The van der Waals surface area contributed by atoms with Crippen LogP contribution in [0.25, 0.3) is 0 Å². The van der Waals surface area contributed by atoms with E-state index < -0.39 is 44.2 Å². The van der Waals surface area contributed by atoms with Gasteiger partial charge in [0, 0.05) is 6.20 Å². The SMILES string of the molecule is C=C[C@]1(COP(=O)(Oc2ccc(OC)cc2)Oc2ccc(OC)cc2)O[C@@H](n2ccc(N)nc2=O)[C@H](O)[C@@H]1O. The summed E-state index contributed by atoms with van der Waals surface area (Å²) < 4.78 is 47.8. The summed E-state index contributed by atoms with van der Waals surface area (Å²) in [7, 11) is -1.48. The maximum atomic E-state index is 13.9. The van der Waals surface area contributed by atoms with Crippen molar-refractivity contribution in [2.45, 2.75) is 24.0 Å². The van der Waals surface area contributed by atoms with Crippen LogP contribution in [0.1, 0.15) is 6.23 Å². The largest absolute Gasteiger partial charge is 0.587 e. The van der Waals surface area contributed by atoms with E-state index in [9.17, 15) is 19.6 Å². The standard InChI is InChI=1S/C25H28N3O10P/c1-4-25(22(30)21(29)23(36-25)28-14-13-20(26)27-24(28)31)15-35-39(32,37-18-9-5-16(33-2)6-10-18)38-19-11-7-17(34-3)8-12-19/h4-14,21-23,29-30H,1,15H2,2-3H3,(H2,26,27,31)/t21-,22+,23-,25-/m1/s1. The van der Waals surface area contributed by atoms with Gasteiger partial charge in [-0.25, -0.2) is 9.36 Å². The van der Waals surface area contributed by atoms with Crippen LogP contribution in [0.4, 0.5) is 5.82 Å². The Labute approximate surface area is 223 Å². The molecule has 4 rings (SSSR count). The molecule has 1 aliphatic heterocycles. The zero-order valence-electron chi connectivity index (χ0n) is 21.1. The van der Waals surface area contributed by atoms with Gasteiger partial charge in [-0.2, -0.15) is 4.98 Å². The van der Waals surface area contributed by atoms with Crippen molar-refractivity contribution in [2.24, 2.45) is 0 Å². The van der Waals surface area contributed by atoms with Crippen molar-refractivity contribution in [3.05, 3.63) is 83.9 Å². The van der Waals surface area contributed by atoms with Crippen molar-refractivity contribution in [1.82, 2.24) is 9.55 Å². The molecule has 2 heterocycles. The van der Waals surface area contributed by atoms with E-state index in [4.69, 9.17) is 33.5 Å². The van der Waals surface area contributed by atoms with Crippen molar-refractivity contribution in [1.29, 1.82) is 0 Å². The molecule has 0 amide bonds. The highest BCUT2D eigenvalue weighted by molar-refractivity contribution is 7.49. The minimum Gasteiger partial charge on any atom is -0.497 e. The van der Waals surface area contributed by atoms with E-state index in [1.165, 1.54) is 56.8 Å². The molecule has 1 aliphatic rings. The van der Waals surface area contributed by atoms with Crippen LogP contribution >= 0.6 is 7.82 Å². The Balaban J connectivity index is 1.61. The molecule has 1 aromatic heterocycles. The van der Waals surface area contributed by atoms with E-state index in [1.807, 2.05) is 0 Å². The fourth-order valence-electron chi connectivity index (χ4n) is 3.78. The lowest BCUT2D eigenvalue weighted by Crippen LogP contribution is -2.45. The fraction of sp³-hybridized carbons (Fsp3) is 0.280. The number of anilines is 1. The Kier molecular flexibility index (Phi) is 8.28. The zero-order valence-corrected chi connectivity index (χ0v) is 22.0. The molecule has 0 unspecified atom stereocenters. The first-order valence-corrected chi connectivity index (χ1v) is 13.0. The first-order valence-electron chi connectivity index (χ1n) is 11.6. The van der Waals surface area contributed by atoms with Crippen LogP contribution in [0, 0.1) is 0 Å². The lowest BCUT2D eigenvalue weighted by Gasteiger charge is -2.29. The summed E-state index contributed by atoms with van der Waals surface area (Å²) in [4.78, 5) is 15.9. The average molecular weight is 561 g/mol. The predicted octanol–water partition coefficient (Wildman–Crippen LogP) is 2.30. The number of ether oxygens (including phenoxy) is 3. The first-order chi connectivity index (χ1) is 18.6. The monoisotopic (exact) mass is 561 g/mol. The number of aliphatic hydroxyl groups is 2. The molecule has 3 aromatic rings. The summed E-state index contributed by atoms with van der Waals surface area (Å²) in [5.74, 6) is 1.30. The lowest BCUT2D eigenvalue weighted by molar-refractivity contribution is -0.0971. The fourth-order valence-corrected chi connectivity index (χ4v) is 5.04. The van der Waals surface area contributed by atoms with E-state index in [0.717, 1.165) is 4.57 Å². The number of methoxy groups -OCH3 is 2. The number of phosphoric acid groups is 1. The number of nitrogen functional groups attached to an aromatic ring is 1. The van der Waals surface area contributed by atoms with Gasteiger partial charge in [-0.05, 0) is 54.6 Å². The third-order valence-corrected chi connectivity index (χ3v) is 7.24. The summed E-state index contributed by atoms with van der Waals surface area (Å²) in [6.07, 6.45) is -2.22. The van der Waals surface area contributed by atoms with E-state index in [0.29, 0.717) is 11.5 Å². The first kappa shape index (κ1) is 28.1. The summed E-state index contributed by atoms with van der Waals surface area (Å²) in [6, 6.07) is 13.7. The molecule has 0 bridgehead atoms. The van der Waals surface area contributed by atoms with Crippen LogP contribution in [-0.2, 0) is 13.8 Å². The number of rotatable bonds is 11. The minimum atomic E-state index is -4.47. The molecule has 1 fully saturated rings. The smallest absolute Gasteiger partial charge is 0.497 e. The van der Waals surface area contributed by atoms with E-state index in [-0.39, 0.29) is 17.3 Å². The molecule has 2 aromatic carbocycles. The maximum absolute atomic E-state index is 13.9. The molecule has 13 nitrogen and oxygen atoms in total. The average Bonchev–Trinajstić information content (AvgIpc) is 3.18. The van der Waals surface area contributed by atoms with Crippen molar-refractivity contribution >= 4 is 13.6 Å². The molecular formula is C25H28N3O10P. The molecule has 1 saturated heterocycles. The molecule has 0 radical (unpaired) electrons. The van der Waals surface area contributed by atoms with Gasteiger partial charge >= 0.3 is 13.5 Å². The van der Waals surface area contributed by atoms with Gasteiger partial charge in [0.2, 0.25) is 0 Å². The summed E-state index contributed by atoms with van der Waals surface area (Å²) in [6.45, 7) is 3.03. The Morgan fingerprint density at radius 2 is 1.54 bits per heavy atom. The van der Waals surface area contributed by atoms with Gasteiger partial charge < -0.3 is 39.2 Å². The van der Waals surface area contributed by atoms with Crippen molar-refractivity contribution in [3.63, 3.8) is 0 Å². The second-order valence-electron chi connectivity index (χ2n) is 8.40. The van der Waals surface area contributed by atoms with Crippen molar-refractivity contribution in [2.75, 3.05) is 26.6 Å². The molecule has 0 aliphatic carbocycles. The number of nitrogens with two attached hydrogens (primary N) is 1. The van der Waals surface area contributed by atoms with Gasteiger partial charge in [0.05, 0.1) is 20.8 Å². The molecule has 4 N–H and O–H groups in total. The van der Waals surface area contributed by atoms with Gasteiger partial charge in [-0.1, -0.05) is 6.08 Å². The Hall–Kier alpha value is -3.87. The van der Waals surface area contributed by atoms with Gasteiger partial charge in [0.15, 0.2) is 6.23 Å². The predicted molar refractivity (Wildman–Crippen MR) is 139 cm³/mol. The molecule has 39 heavy (non-hydrogen) atoms. The Morgan fingerprint density at radius 3 is 2.00 bits per heavy atom. The van der Waals surface area contributed by atoms with Gasteiger partial charge in [-0.15, -0.1) is 6.58 Å². The summed E-state index contributed by atoms with van der Waals surface area (Å²) in [5.41, 5.74) is 2.89. The molecule has 4 atom stereocenters. The minimum absolute atomic E-state index is 0.0325. The third kappa shape index (κ3) is 6.08. The third-order valence-electron chi connectivity index (χ3n) is 5.93. The number of phosphoric ester groups is 1. The second-order valence-corrected chi connectivity index (χ2v) is 9.92. The van der Waals surface area contributed by atoms with Crippen LogP contribution in [0.15, 0.2) is 78.2 Å². The second kappa shape index (κ2) is 11.5. The number of nitrogens with zero attached hydrogens (tertiary/aromatic N) is 2. The number of hydrogen-bond donors (Lipinski definition) is 3. The van der Waals surface area contributed by atoms with Gasteiger partial charge in [0.1, 0.15) is 46.6 Å². The van der Waals surface area contributed by atoms with Gasteiger partial charge in [-0.3, -0.25) is 9.09 Å². The van der Waals surface area contributed by atoms with E-state index >= 15 is 0 Å². The summed E-state index contributed by atoms with van der Waals surface area (Å²) in [5, 5.41) is 21.6. The molecule has 208 valence electrons. The molecular weight excluding hydrogens is 533 g/mol. The maximum Gasteiger partial charge on any atom is 0.587 e. The van der Waals surface area contributed by atoms with Crippen LogP contribution in [0.3, 0.4) is 0 Å². The highest BCUT2D eigenvalue weighted by atomic mass is 31.2. The van der Waals surface area contributed by atoms with E-state index in [2.05, 4.69) is 11.6 Å². The Morgan fingerprint density at radius 1 is 1.03 bits per heavy atom. The number of benzene rings is 2. The van der Waals surface area contributed by atoms with Crippen LogP contribution in [0.5, 0.6) is 23.0 Å². The summed E-state index contributed by atoms with van der Waals surface area (Å²) >= 11 is 0. The molecule has 0 spiro atoms. The van der Waals surface area contributed by atoms with Gasteiger partial charge in [0.25, 0.3) is 0 Å².